The second-order valence-corrected chi connectivity index (χ2v) is 5.95. The van der Waals surface area contributed by atoms with E-state index in [1.807, 2.05) is 0 Å². The van der Waals surface area contributed by atoms with Gasteiger partial charge in [0.2, 0.25) is 5.95 Å². The normalized spacial score (nSPS) is 12.6. The summed E-state index contributed by atoms with van der Waals surface area (Å²) in [6, 6.07) is 2.10. The fourth-order valence-corrected chi connectivity index (χ4v) is 1.92. The number of hydrogen-bond donors (Lipinski definition) is 1. The molecule has 0 amide bonds. The van der Waals surface area contributed by atoms with E-state index in [9.17, 15) is 8.78 Å². The second kappa shape index (κ2) is 4.47. The fraction of sp³-hybridized carbons (Fsp3) is 0.500. The lowest BCUT2D eigenvalue weighted by molar-refractivity contribution is 0.214. The Balaban J connectivity index is 2.58. The predicted octanol–water partition coefficient (Wildman–Crippen LogP) is 3.58. The largest absolute Gasteiger partial charge is 0.369 e. The molecular weight excluding hydrogens is 248 g/mol. The highest BCUT2D eigenvalue weighted by molar-refractivity contribution is 5.79. The molecule has 0 aliphatic carbocycles. The Labute approximate surface area is 111 Å². The van der Waals surface area contributed by atoms with Gasteiger partial charge in [-0.25, -0.2) is 13.8 Å². The maximum Gasteiger partial charge on any atom is 0.201 e. The number of hydrogen-bond acceptors (Lipinski definition) is 2. The van der Waals surface area contributed by atoms with Gasteiger partial charge in [0.15, 0.2) is 5.82 Å². The van der Waals surface area contributed by atoms with Gasteiger partial charge in [-0.15, -0.1) is 0 Å². The Morgan fingerprint density at radius 2 is 1.95 bits per heavy atom. The Morgan fingerprint density at radius 1 is 1.32 bits per heavy atom. The van der Waals surface area contributed by atoms with Crippen molar-refractivity contribution >= 4 is 17.0 Å². The van der Waals surface area contributed by atoms with Crippen LogP contribution in [0.2, 0.25) is 0 Å². The van der Waals surface area contributed by atoms with E-state index in [1.54, 1.807) is 4.57 Å². The summed E-state index contributed by atoms with van der Waals surface area (Å²) in [5.41, 5.74) is 6.32. The van der Waals surface area contributed by atoms with Crippen molar-refractivity contribution in [3.63, 3.8) is 0 Å². The van der Waals surface area contributed by atoms with E-state index in [0.717, 1.165) is 6.07 Å². The van der Waals surface area contributed by atoms with Gasteiger partial charge in [-0.05, 0) is 11.3 Å². The summed E-state index contributed by atoms with van der Waals surface area (Å²) in [7, 11) is 0. The molecule has 0 radical (unpaired) electrons. The van der Waals surface area contributed by atoms with Crippen LogP contribution in [0, 0.1) is 23.0 Å². The van der Waals surface area contributed by atoms with E-state index in [2.05, 4.69) is 32.7 Å². The molecule has 0 aliphatic heterocycles. The first-order valence-corrected chi connectivity index (χ1v) is 6.33. The number of imidazole rings is 1. The molecule has 3 nitrogen and oxygen atoms in total. The van der Waals surface area contributed by atoms with Crippen LogP contribution in [0.3, 0.4) is 0 Å². The summed E-state index contributed by atoms with van der Waals surface area (Å²) in [4.78, 5) is 4.00. The Hall–Kier alpha value is -1.65. The summed E-state index contributed by atoms with van der Waals surface area (Å²) < 4.78 is 28.7. The number of anilines is 1. The van der Waals surface area contributed by atoms with Crippen LogP contribution in [-0.4, -0.2) is 9.55 Å². The first kappa shape index (κ1) is 13.8. The molecule has 5 heteroatoms. The standard InChI is InChI=1S/C14H19F2N3/c1-8(2)14(3,4)7-19-11-6-9(15)5-10(16)12(11)18-13(19)17/h5-6,8H,7H2,1-4H3,(H2,17,18). The lowest BCUT2D eigenvalue weighted by Crippen LogP contribution is -2.26. The summed E-state index contributed by atoms with van der Waals surface area (Å²) in [5, 5.41) is 0. The summed E-state index contributed by atoms with van der Waals surface area (Å²) >= 11 is 0. The van der Waals surface area contributed by atoms with Crippen molar-refractivity contribution in [2.75, 3.05) is 5.73 Å². The molecule has 0 bridgehead atoms. The maximum atomic E-state index is 13.7. The molecular formula is C14H19F2N3. The highest BCUT2D eigenvalue weighted by atomic mass is 19.1. The minimum Gasteiger partial charge on any atom is -0.369 e. The van der Waals surface area contributed by atoms with Gasteiger partial charge in [-0.3, -0.25) is 0 Å². The molecule has 1 aromatic carbocycles. The number of halogens is 2. The molecule has 1 aromatic heterocycles. The number of fused-ring (bicyclic) bond motifs is 1. The van der Waals surface area contributed by atoms with Crippen LogP contribution in [0.25, 0.3) is 11.0 Å². The molecule has 0 spiro atoms. The van der Waals surface area contributed by atoms with Crippen molar-refractivity contribution in [2.24, 2.45) is 11.3 Å². The van der Waals surface area contributed by atoms with E-state index >= 15 is 0 Å². The fourth-order valence-electron chi connectivity index (χ4n) is 1.92. The van der Waals surface area contributed by atoms with Crippen molar-refractivity contribution in [3.8, 4) is 0 Å². The zero-order chi connectivity index (χ0) is 14.4. The van der Waals surface area contributed by atoms with Gasteiger partial charge in [-0.1, -0.05) is 27.7 Å². The Morgan fingerprint density at radius 3 is 2.53 bits per heavy atom. The topological polar surface area (TPSA) is 43.8 Å². The Bertz CT molecular complexity index is 615. The first-order valence-electron chi connectivity index (χ1n) is 6.33. The van der Waals surface area contributed by atoms with Crippen LogP contribution < -0.4 is 5.73 Å². The molecule has 0 fully saturated rings. The van der Waals surface area contributed by atoms with Gasteiger partial charge >= 0.3 is 0 Å². The lowest BCUT2D eigenvalue weighted by Gasteiger charge is -2.30. The zero-order valence-corrected chi connectivity index (χ0v) is 11.7. The summed E-state index contributed by atoms with van der Waals surface area (Å²) in [6.45, 7) is 8.97. The van der Waals surface area contributed by atoms with Crippen molar-refractivity contribution in [1.29, 1.82) is 0 Å². The minimum absolute atomic E-state index is 0.0510. The van der Waals surface area contributed by atoms with Crippen LogP contribution in [0.1, 0.15) is 27.7 Å². The van der Waals surface area contributed by atoms with Gasteiger partial charge < -0.3 is 10.3 Å². The van der Waals surface area contributed by atoms with Crippen LogP contribution >= 0.6 is 0 Å². The predicted molar refractivity (Wildman–Crippen MR) is 72.7 cm³/mol. The zero-order valence-electron chi connectivity index (χ0n) is 11.7. The smallest absolute Gasteiger partial charge is 0.201 e. The molecule has 19 heavy (non-hydrogen) atoms. The van der Waals surface area contributed by atoms with Gasteiger partial charge in [0.25, 0.3) is 0 Å². The molecule has 1 heterocycles. The van der Waals surface area contributed by atoms with Gasteiger partial charge in [0, 0.05) is 18.7 Å². The number of nitrogens with zero attached hydrogens (tertiary/aromatic N) is 2. The highest BCUT2D eigenvalue weighted by Gasteiger charge is 2.25. The van der Waals surface area contributed by atoms with Crippen molar-refractivity contribution in [3.05, 3.63) is 23.8 Å². The molecule has 2 N–H and O–H groups in total. The Kier molecular flexibility index (Phi) is 3.24. The van der Waals surface area contributed by atoms with Crippen LogP contribution in [0.15, 0.2) is 12.1 Å². The van der Waals surface area contributed by atoms with E-state index < -0.39 is 11.6 Å². The molecule has 0 saturated heterocycles. The molecule has 0 unspecified atom stereocenters. The third-order valence-electron chi connectivity index (χ3n) is 3.93. The molecule has 0 atom stereocenters. The minimum atomic E-state index is -0.678. The molecule has 0 aliphatic rings. The maximum absolute atomic E-state index is 13.7. The molecule has 2 rings (SSSR count). The number of nitrogens with two attached hydrogens (primary N) is 1. The SMILES string of the molecule is CC(C)C(C)(C)Cn1c(N)nc2c(F)cc(F)cc21. The summed E-state index contributed by atoms with van der Waals surface area (Å²) in [6.07, 6.45) is 0. The second-order valence-electron chi connectivity index (χ2n) is 5.95. The van der Waals surface area contributed by atoms with E-state index in [-0.39, 0.29) is 16.9 Å². The third kappa shape index (κ3) is 2.41. The van der Waals surface area contributed by atoms with Crippen molar-refractivity contribution in [1.82, 2.24) is 9.55 Å². The number of aromatic nitrogens is 2. The van der Waals surface area contributed by atoms with Gasteiger partial charge in [-0.2, -0.15) is 0 Å². The van der Waals surface area contributed by atoms with Gasteiger partial charge in [0.05, 0.1) is 5.52 Å². The van der Waals surface area contributed by atoms with E-state index in [1.165, 1.54) is 6.07 Å². The lowest BCUT2D eigenvalue weighted by atomic mass is 9.81. The third-order valence-corrected chi connectivity index (χ3v) is 3.93. The summed E-state index contributed by atoms with van der Waals surface area (Å²) in [5.74, 6) is -0.674. The molecule has 2 aromatic rings. The van der Waals surface area contributed by atoms with E-state index in [4.69, 9.17) is 5.73 Å². The van der Waals surface area contributed by atoms with Crippen LogP contribution in [-0.2, 0) is 6.54 Å². The number of benzene rings is 1. The average molecular weight is 267 g/mol. The van der Waals surface area contributed by atoms with Crippen LogP contribution in [0.5, 0.6) is 0 Å². The number of rotatable bonds is 3. The molecule has 0 saturated carbocycles. The van der Waals surface area contributed by atoms with Gasteiger partial charge in [0.1, 0.15) is 11.3 Å². The highest BCUT2D eigenvalue weighted by Crippen LogP contribution is 2.32. The van der Waals surface area contributed by atoms with Crippen LogP contribution in [0.4, 0.5) is 14.7 Å². The quantitative estimate of drug-likeness (QED) is 0.923. The number of nitrogen functional groups attached to an aromatic ring is 1. The van der Waals surface area contributed by atoms with Crippen molar-refractivity contribution in [2.45, 2.75) is 34.2 Å². The van der Waals surface area contributed by atoms with E-state index in [0.29, 0.717) is 18.0 Å². The molecule has 104 valence electrons. The average Bonchev–Trinajstić information content (AvgIpc) is 2.56. The van der Waals surface area contributed by atoms with Crippen molar-refractivity contribution < 1.29 is 8.78 Å². The monoisotopic (exact) mass is 267 g/mol. The first-order chi connectivity index (χ1) is 8.72.